The number of alkyl halides is 3. The molecule has 3 rings (SSSR count). The number of pyridine rings is 2. The number of hydrogen-bond acceptors (Lipinski definition) is 5. The van der Waals surface area contributed by atoms with Crippen LogP contribution in [0.4, 0.5) is 18.9 Å². The Kier molecular flexibility index (Phi) is 7.19. The van der Waals surface area contributed by atoms with E-state index in [1.54, 1.807) is 6.92 Å². The Labute approximate surface area is 193 Å². The number of aliphatic hydroxyl groups excluding tert-OH is 1. The Hall–Kier alpha value is -2.53. The van der Waals surface area contributed by atoms with E-state index in [4.69, 9.17) is 23.2 Å². The van der Waals surface area contributed by atoms with Gasteiger partial charge < -0.3 is 5.11 Å². The van der Waals surface area contributed by atoms with Gasteiger partial charge in [0, 0.05) is 18.1 Å². The van der Waals surface area contributed by atoms with Crippen molar-refractivity contribution in [2.24, 2.45) is 0 Å². The third kappa shape index (κ3) is 5.09. The van der Waals surface area contributed by atoms with Crippen molar-refractivity contribution in [3.05, 3.63) is 80.8 Å². The molecule has 2 heterocycles. The van der Waals surface area contributed by atoms with Crippen LogP contribution >= 0.6 is 23.2 Å². The number of aliphatic hydroxyl groups is 1. The fraction of sp³-hybridized carbons (Fsp3) is 0.150. The third-order valence-corrected chi connectivity index (χ3v) is 5.98. The normalized spacial score (nSPS) is 12.5. The van der Waals surface area contributed by atoms with E-state index < -0.39 is 40.1 Å². The van der Waals surface area contributed by atoms with Crippen molar-refractivity contribution in [3.63, 3.8) is 0 Å². The van der Waals surface area contributed by atoms with Gasteiger partial charge in [-0.25, -0.2) is 9.19 Å². The van der Waals surface area contributed by atoms with Crippen LogP contribution in [0.15, 0.2) is 47.6 Å². The Morgan fingerprint density at radius 2 is 1.91 bits per heavy atom. The molecule has 0 bridgehead atoms. The summed E-state index contributed by atoms with van der Waals surface area (Å²) in [6.45, 7) is 1.14. The molecule has 2 N–H and O–H groups in total. The molecule has 0 spiro atoms. The zero-order valence-corrected chi connectivity index (χ0v) is 18.5. The second-order valence-corrected chi connectivity index (χ2v) is 8.53. The Morgan fingerprint density at radius 1 is 1.19 bits per heavy atom. The summed E-state index contributed by atoms with van der Waals surface area (Å²) in [7, 11) is -2.22. The van der Waals surface area contributed by atoms with Gasteiger partial charge in [0.15, 0.2) is 0 Å². The van der Waals surface area contributed by atoms with Crippen molar-refractivity contribution in [1.29, 1.82) is 0 Å². The van der Waals surface area contributed by atoms with Crippen LogP contribution in [0.3, 0.4) is 0 Å². The number of nitrogens with zero attached hydrogens (tertiary/aromatic N) is 2. The molecule has 12 heteroatoms. The number of aromatic nitrogens is 2. The quantitative estimate of drug-likeness (QED) is 0.463. The van der Waals surface area contributed by atoms with Gasteiger partial charge in [-0.2, -0.15) is 13.2 Å². The molecule has 0 amide bonds. The number of benzene rings is 1. The highest BCUT2D eigenvalue weighted by Crippen LogP contribution is 2.36. The summed E-state index contributed by atoms with van der Waals surface area (Å²) in [5.41, 5.74) is -0.679. The topological polar surface area (TPSA) is 92.2 Å². The van der Waals surface area contributed by atoms with Crippen molar-refractivity contribution in [1.82, 2.24) is 9.97 Å². The number of aryl methyl sites for hydroxylation is 1. The second-order valence-electron chi connectivity index (χ2n) is 6.48. The van der Waals surface area contributed by atoms with Crippen LogP contribution in [0.1, 0.15) is 32.9 Å². The van der Waals surface area contributed by atoms with E-state index in [-0.39, 0.29) is 26.9 Å². The largest absolute Gasteiger partial charge is 0.417 e. The zero-order chi connectivity index (χ0) is 23.6. The average molecular weight is 504 g/mol. The predicted octanol–water partition coefficient (Wildman–Crippen LogP) is 4.97. The summed E-state index contributed by atoms with van der Waals surface area (Å²) in [6.07, 6.45) is -2.12. The van der Waals surface area contributed by atoms with E-state index in [2.05, 4.69) is 14.7 Å². The highest BCUT2D eigenvalue weighted by molar-refractivity contribution is 7.86. The van der Waals surface area contributed by atoms with E-state index in [1.807, 2.05) is 0 Å². The van der Waals surface area contributed by atoms with Gasteiger partial charge in [0.05, 0.1) is 38.4 Å². The van der Waals surface area contributed by atoms with Gasteiger partial charge in [-0.15, -0.1) is 0 Å². The molecule has 168 valence electrons. The molecule has 0 radical (unpaired) electrons. The average Bonchev–Trinajstić information content (AvgIpc) is 2.72. The van der Waals surface area contributed by atoms with Crippen LogP contribution < -0.4 is 4.72 Å². The highest BCUT2D eigenvalue weighted by Gasteiger charge is 2.34. The molecule has 1 aromatic carbocycles. The smallest absolute Gasteiger partial charge is 0.392 e. The monoisotopic (exact) mass is 503 g/mol. The van der Waals surface area contributed by atoms with E-state index in [0.29, 0.717) is 17.3 Å². The SMILES string of the molecule is Cc1nccc(CO)c1C(=O)c1ncc(Cl)cc1NS(=O)c1ccc(Cl)c(C(F)(F)F)c1. The van der Waals surface area contributed by atoms with Crippen molar-refractivity contribution in [3.8, 4) is 0 Å². The lowest BCUT2D eigenvalue weighted by molar-refractivity contribution is -0.137. The third-order valence-electron chi connectivity index (χ3n) is 4.35. The van der Waals surface area contributed by atoms with Crippen LogP contribution in [-0.2, 0) is 23.8 Å². The predicted molar refractivity (Wildman–Crippen MR) is 114 cm³/mol. The summed E-state index contributed by atoms with van der Waals surface area (Å²) in [5.74, 6) is -0.636. The summed E-state index contributed by atoms with van der Waals surface area (Å²) in [4.78, 5) is 21.0. The van der Waals surface area contributed by atoms with Gasteiger partial charge in [0.25, 0.3) is 0 Å². The van der Waals surface area contributed by atoms with Crippen LogP contribution in [-0.4, -0.2) is 25.1 Å². The first kappa shape index (κ1) is 24.1. The van der Waals surface area contributed by atoms with E-state index in [9.17, 15) is 27.3 Å². The van der Waals surface area contributed by atoms with Gasteiger partial charge in [-0.1, -0.05) is 23.2 Å². The van der Waals surface area contributed by atoms with Crippen LogP contribution in [0.2, 0.25) is 10.0 Å². The van der Waals surface area contributed by atoms with Crippen molar-refractivity contribution < 1.29 is 27.3 Å². The highest BCUT2D eigenvalue weighted by atomic mass is 35.5. The van der Waals surface area contributed by atoms with E-state index in [1.165, 1.54) is 24.5 Å². The maximum absolute atomic E-state index is 13.2. The van der Waals surface area contributed by atoms with Gasteiger partial charge in [0.2, 0.25) is 5.78 Å². The number of carbonyl (C=O) groups excluding carboxylic acids is 1. The minimum Gasteiger partial charge on any atom is -0.392 e. The first-order valence-electron chi connectivity index (χ1n) is 8.83. The number of halogens is 5. The molecular weight excluding hydrogens is 490 g/mol. The molecule has 3 aromatic rings. The van der Waals surface area contributed by atoms with Crippen molar-refractivity contribution >= 4 is 45.7 Å². The molecule has 32 heavy (non-hydrogen) atoms. The van der Waals surface area contributed by atoms with Crippen molar-refractivity contribution in [2.75, 3.05) is 4.72 Å². The summed E-state index contributed by atoms with van der Waals surface area (Å²) in [5, 5.41) is 9.13. The molecule has 2 aromatic heterocycles. The Bertz CT molecular complexity index is 1220. The number of hydrogen-bond donors (Lipinski definition) is 2. The number of nitrogens with one attached hydrogen (secondary N) is 1. The van der Waals surface area contributed by atoms with Crippen LogP contribution in [0.25, 0.3) is 0 Å². The van der Waals surface area contributed by atoms with Crippen LogP contribution in [0, 0.1) is 6.92 Å². The maximum atomic E-state index is 13.2. The van der Waals surface area contributed by atoms with Gasteiger partial charge in [-0.05, 0) is 42.8 Å². The molecule has 0 aliphatic heterocycles. The fourth-order valence-electron chi connectivity index (χ4n) is 2.87. The van der Waals surface area contributed by atoms with Crippen molar-refractivity contribution in [2.45, 2.75) is 24.6 Å². The lowest BCUT2D eigenvalue weighted by atomic mass is 10.00. The molecule has 1 atom stereocenters. The molecule has 0 saturated heterocycles. The Balaban J connectivity index is 2.02. The fourth-order valence-corrected chi connectivity index (χ4v) is 4.15. The summed E-state index contributed by atoms with van der Waals surface area (Å²) < 4.78 is 54.7. The molecule has 0 fully saturated rings. The molecule has 0 aliphatic carbocycles. The number of carbonyl (C=O) groups is 1. The first-order valence-corrected chi connectivity index (χ1v) is 10.7. The molecule has 6 nitrogen and oxygen atoms in total. The number of anilines is 1. The number of rotatable bonds is 6. The molecule has 0 saturated carbocycles. The second kappa shape index (κ2) is 9.53. The van der Waals surface area contributed by atoms with E-state index >= 15 is 0 Å². The van der Waals surface area contributed by atoms with Gasteiger partial charge in [0.1, 0.15) is 16.7 Å². The van der Waals surface area contributed by atoms with Gasteiger partial charge >= 0.3 is 6.18 Å². The van der Waals surface area contributed by atoms with Crippen LogP contribution in [0.5, 0.6) is 0 Å². The standard InChI is InChI=1S/C20H14Cl2F3N3O3S/c1-10-17(11(9-29)4-5-26-10)19(30)18-16(6-12(21)8-27-18)28-32(31)13-2-3-15(22)14(7-13)20(23,24)25/h2-8,28-29H,9H2,1H3. The molecular formula is C20H14Cl2F3N3O3S. The summed E-state index contributed by atoms with van der Waals surface area (Å²) >= 11 is 11.6. The zero-order valence-electron chi connectivity index (χ0n) is 16.2. The van der Waals surface area contributed by atoms with E-state index in [0.717, 1.165) is 12.1 Å². The lowest BCUT2D eigenvalue weighted by Gasteiger charge is -2.14. The lowest BCUT2D eigenvalue weighted by Crippen LogP contribution is -2.16. The Morgan fingerprint density at radius 3 is 2.56 bits per heavy atom. The molecule has 0 aliphatic rings. The molecule has 1 unspecified atom stereocenters. The minimum absolute atomic E-state index is 0.0727. The maximum Gasteiger partial charge on any atom is 0.417 e. The minimum atomic E-state index is -4.74. The number of ketones is 1. The van der Waals surface area contributed by atoms with Gasteiger partial charge in [-0.3, -0.25) is 14.5 Å². The first-order chi connectivity index (χ1) is 15.0. The summed E-state index contributed by atoms with van der Waals surface area (Å²) in [6, 6.07) is 5.53.